The molecule has 2 atom stereocenters. The van der Waals surface area contributed by atoms with Gasteiger partial charge in [0.05, 0.1) is 25.3 Å². The van der Waals surface area contributed by atoms with Crippen molar-refractivity contribution in [3.05, 3.63) is 34.9 Å². The van der Waals surface area contributed by atoms with E-state index in [2.05, 4.69) is 5.32 Å². The van der Waals surface area contributed by atoms with E-state index < -0.39 is 0 Å². The van der Waals surface area contributed by atoms with Crippen LogP contribution in [-0.4, -0.2) is 49.4 Å². The third-order valence-electron chi connectivity index (χ3n) is 3.72. The van der Waals surface area contributed by atoms with Crippen molar-refractivity contribution in [2.45, 2.75) is 18.7 Å². The Labute approximate surface area is 122 Å². The van der Waals surface area contributed by atoms with E-state index >= 15 is 0 Å². The molecule has 108 valence electrons. The van der Waals surface area contributed by atoms with Crippen LogP contribution in [0.1, 0.15) is 5.56 Å². The van der Waals surface area contributed by atoms with Crippen molar-refractivity contribution in [3.8, 4) is 0 Å². The van der Waals surface area contributed by atoms with Crippen LogP contribution in [0.25, 0.3) is 0 Å². The molecule has 0 unspecified atom stereocenters. The number of nitrogens with zero attached hydrogens (tertiary/aromatic N) is 1. The first kappa shape index (κ1) is 13.7. The predicted octanol–water partition coefficient (Wildman–Crippen LogP) is 1.65. The maximum Gasteiger partial charge on any atom is 0.410 e. The van der Waals surface area contributed by atoms with Gasteiger partial charge in [-0.15, -0.1) is 0 Å². The zero-order valence-electron chi connectivity index (χ0n) is 11.0. The van der Waals surface area contributed by atoms with E-state index in [1.54, 1.807) is 17.0 Å². The van der Waals surface area contributed by atoms with Crippen LogP contribution in [0.4, 0.5) is 4.79 Å². The summed E-state index contributed by atoms with van der Waals surface area (Å²) in [5, 5.41) is 4.03. The van der Waals surface area contributed by atoms with Crippen molar-refractivity contribution in [1.82, 2.24) is 10.2 Å². The molecule has 0 bridgehead atoms. The van der Waals surface area contributed by atoms with Crippen molar-refractivity contribution in [2.75, 3.05) is 26.3 Å². The minimum Gasteiger partial charge on any atom is -0.445 e. The quantitative estimate of drug-likeness (QED) is 0.901. The van der Waals surface area contributed by atoms with Gasteiger partial charge in [0.1, 0.15) is 6.61 Å². The number of amides is 1. The maximum atomic E-state index is 12.2. The third kappa shape index (κ3) is 2.90. The minimum absolute atomic E-state index is 0.0847. The normalized spacial score (nSPS) is 25.4. The van der Waals surface area contributed by atoms with Gasteiger partial charge in [0.25, 0.3) is 0 Å². The van der Waals surface area contributed by atoms with Crippen LogP contribution in [0, 0.1) is 0 Å². The van der Waals surface area contributed by atoms with Gasteiger partial charge in [-0.3, -0.25) is 4.90 Å². The second-order valence-corrected chi connectivity index (χ2v) is 5.48. The van der Waals surface area contributed by atoms with Crippen molar-refractivity contribution in [2.24, 2.45) is 0 Å². The molecule has 3 rings (SSSR count). The summed E-state index contributed by atoms with van der Waals surface area (Å²) in [5.74, 6) is 0. The smallest absolute Gasteiger partial charge is 0.410 e. The molecule has 1 aromatic rings. The van der Waals surface area contributed by atoms with Crippen molar-refractivity contribution < 1.29 is 14.3 Å². The molecule has 0 aliphatic carbocycles. The molecule has 1 amide bonds. The summed E-state index contributed by atoms with van der Waals surface area (Å²) in [5.41, 5.74) is 0.928. The Balaban J connectivity index is 1.57. The molecular weight excluding hydrogens is 280 g/mol. The molecule has 5 nitrogen and oxygen atoms in total. The Hall–Kier alpha value is -1.30. The number of carbonyl (C=O) groups is 1. The number of nitrogens with one attached hydrogen (secondary N) is 1. The number of ether oxygens (including phenoxy) is 2. The summed E-state index contributed by atoms with van der Waals surface area (Å²) in [4.78, 5) is 13.9. The summed E-state index contributed by atoms with van der Waals surface area (Å²) in [7, 11) is 0. The Morgan fingerprint density at radius 1 is 1.40 bits per heavy atom. The first-order valence-electron chi connectivity index (χ1n) is 6.73. The van der Waals surface area contributed by atoms with E-state index in [0.29, 0.717) is 24.8 Å². The highest BCUT2D eigenvalue weighted by molar-refractivity contribution is 6.30. The second kappa shape index (κ2) is 5.99. The average molecular weight is 297 g/mol. The molecule has 6 heteroatoms. The molecule has 0 saturated carbocycles. The number of rotatable bonds is 2. The standard InChI is InChI=1S/C14H17ClN2O3/c15-11-3-1-10(2-4-11)7-20-14(18)17-6-5-16-12-8-19-9-13(12)17/h1-4,12-13,16H,5-9H2/t12-,13+/m0/s1. The zero-order valence-corrected chi connectivity index (χ0v) is 11.8. The molecule has 0 spiro atoms. The Kier molecular flexibility index (Phi) is 4.10. The van der Waals surface area contributed by atoms with E-state index in [9.17, 15) is 4.79 Å². The lowest BCUT2D eigenvalue weighted by molar-refractivity contribution is 0.0649. The van der Waals surface area contributed by atoms with Gasteiger partial charge in [-0.2, -0.15) is 0 Å². The Morgan fingerprint density at radius 3 is 3.00 bits per heavy atom. The van der Waals surface area contributed by atoms with Gasteiger partial charge in [-0.05, 0) is 17.7 Å². The Morgan fingerprint density at radius 2 is 2.20 bits per heavy atom. The largest absolute Gasteiger partial charge is 0.445 e. The molecule has 1 N–H and O–H groups in total. The molecule has 1 aromatic carbocycles. The lowest BCUT2D eigenvalue weighted by atomic mass is 10.1. The molecule has 0 aromatic heterocycles. The molecule has 2 aliphatic rings. The third-order valence-corrected chi connectivity index (χ3v) is 3.97. The van der Waals surface area contributed by atoms with Crippen LogP contribution < -0.4 is 5.32 Å². The number of benzene rings is 1. The Bertz CT molecular complexity index is 480. The topological polar surface area (TPSA) is 50.8 Å². The molecular formula is C14H17ClN2O3. The number of halogens is 1. The van der Waals surface area contributed by atoms with Gasteiger partial charge in [0.15, 0.2) is 0 Å². The van der Waals surface area contributed by atoms with Crippen LogP contribution >= 0.6 is 11.6 Å². The van der Waals surface area contributed by atoms with E-state index in [-0.39, 0.29) is 24.8 Å². The number of carbonyl (C=O) groups excluding carboxylic acids is 1. The van der Waals surface area contributed by atoms with Crippen molar-refractivity contribution >= 4 is 17.7 Å². The van der Waals surface area contributed by atoms with Gasteiger partial charge < -0.3 is 14.8 Å². The fraction of sp³-hybridized carbons (Fsp3) is 0.500. The highest BCUT2D eigenvalue weighted by atomic mass is 35.5. The van der Waals surface area contributed by atoms with E-state index in [0.717, 1.165) is 12.1 Å². The second-order valence-electron chi connectivity index (χ2n) is 5.04. The lowest BCUT2D eigenvalue weighted by Crippen LogP contribution is -2.59. The van der Waals surface area contributed by atoms with Gasteiger partial charge in [0.2, 0.25) is 0 Å². The molecule has 0 radical (unpaired) electrons. The van der Waals surface area contributed by atoms with E-state index in [4.69, 9.17) is 21.1 Å². The first-order valence-corrected chi connectivity index (χ1v) is 7.11. The molecule has 2 heterocycles. The predicted molar refractivity (Wildman–Crippen MR) is 74.7 cm³/mol. The summed E-state index contributed by atoms with van der Waals surface area (Å²) < 4.78 is 10.8. The van der Waals surface area contributed by atoms with Gasteiger partial charge in [-0.1, -0.05) is 23.7 Å². The van der Waals surface area contributed by atoms with Crippen LogP contribution in [0.5, 0.6) is 0 Å². The summed E-state index contributed by atoms with van der Waals surface area (Å²) >= 11 is 5.82. The van der Waals surface area contributed by atoms with Gasteiger partial charge >= 0.3 is 6.09 Å². The summed E-state index contributed by atoms with van der Waals surface area (Å²) in [6, 6.07) is 7.60. The van der Waals surface area contributed by atoms with Crippen molar-refractivity contribution in [3.63, 3.8) is 0 Å². The summed E-state index contributed by atoms with van der Waals surface area (Å²) in [6.07, 6.45) is -0.276. The SMILES string of the molecule is O=C(OCc1ccc(Cl)cc1)N1CCN[C@H]2COC[C@H]21. The highest BCUT2D eigenvalue weighted by Gasteiger charge is 2.38. The minimum atomic E-state index is -0.276. The van der Waals surface area contributed by atoms with E-state index in [1.807, 2.05) is 12.1 Å². The fourth-order valence-electron chi connectivity index (χ4n) is 2.62. The first-order chi connectivity index (χ1) is 9.74. The van der Waals surface area contributed by atoms with Crippen molar-refractivity contribution in [1.29, 1.82) is 0 Å². The van der Waals surface area contributed by atoms with Crippen LogP contribution in [0.3, 0.4) is 0 Å². The number of hydrogen-bond acceptors (Lipinski definition) is 4. The number of piperazine rings is 1. The number of hydrogen-bond donors (Lipinski definition) is 1. The molecule has 20 heavy (non-hydrogen) atoms. The molecule has 2 fully saturated rings. The fourth-order valence-corrected chi connectivity index (χ4v) is 2.74. The van der Waals surface area contributed by atoms with Crippen LogP contribution in [-0.2, 0) is 16.1 Å². The number of fused-ring (bicyclic) bond motifs is 1. The summed E-state index contributed by atoms with van der Waals surface area (Å²) in [6.45, 7) is 2.93. The lowest BCUT2D eigenvalue weighted by Gasteiger charge is -2.36. The molecule has 2 aliphatic heterocycles. The highest BCUT2D eigenvalue weighted by Crippen LogP contribution is 2.18. The molecule has 2 saturated heterocycles. The zero-order chi connectivity index (χ0) is 13.9. The monoisotopic (exact) mass is 296 g/mol. The van der Waals surface area contributed by atoms with Crippen LogP contribution in [0.2, 0.25) is 5.02 Å². The van der Waals surface area contributed by atoms with E-state index in [1.165, 1.54) is 0 Å². The van der Waals surface area contributed by atoms with Gasteiger partial charge in [-0.25, -0.2) is 4.79 Å². The van der Waals surface area contributed by atoms with Gasteiger partial charge in [0, 0.05) is 18.1 Å². The average Bonchev–Trinajstić information content (AvgIpc) is 2.94. The van der Waals surface area contributed by atoms with Crippen LogP contribution in [0.15, 0.2) is 24.3 Å². The maximum absolute atomic E-state index is 12.2.